The number of nitrogens with zero attached hydrogens (tertiary/aromatic N) is 1. The van der Waals surface area contributed by atoms with E-state index in [-0.39, 0.29) is 11.8 Å². The second-order valence-electron chi connectivity index (χ2n) is 6.54. The molecule has 28 heavy (non-hydrogen) atoms. The molecule has 2 amide bonds. The molecule has 3 rings (SSSR count). The van der Waals surface area contributed by atoms with Gasteiger partial charge in [0.25, 0.3) is 11.8 Å². The van der Waals surface area contributed by atoms with Gasteiger partial charge in [-0.3, -0.25) is 14.6 Å². The first-order chi connectivity index (χ1) is 13.4. The number of carbonyl (C=O) groups excluding carboxylic acids is 2. The average Bonchev–Trinajstić information content (AvgIpc) is 2.69. The molecule has 0 atom stereocenters. The normalized spacial score (nSPS) is 10.4. The summed E-state index contributed by atoms with van der Waals surface area (Å²) in [5.41, 5.74) is 4.29. The Bertz CT molecular complexity index is 1020. The smallest absolute Gasteiger partial charge is 0.257 e. The minimum atomic E-state index is -0.342. The number of nitrogens with one attached hydrogen (secondary N) is 2. The Morgan fingerprint density at radius 1 is 0.929 bits per heavy atom. The second kappa shape index (κ2) is 8.67. The van der Waals surface area contributed by atoms with Gasteiger partial charge in [-0.15, -0.1) is 0 Å². The van der Waals surface area contributed by atoms with Crippen molar-refractivity contribution in [2.24, 2.45) is 0 Å². The molecule has 0 bridgehead atoms. The molecule has 2 N–H and O–H groups in total. The van der Waals surface area contributed by atoms with Crippen LogP contribution >= 0.6 is 11.6 Å². The van der Waals surface area contributed by atoms with Gasteiger partial charge in [-0.1, -0.05) is 41.4 Å². The van der Waals surface area contributed by atoms with E-state index in [0.717, 1.165) is 16.7 Å². The van der Waals surface area contributed by atoms with Crippen molar-refractivity contribution in [3.05, 3.63) is 93.8 Å². The molecule has 5 nitrogen and oxygen atoms in total. The number of pyridine rings is 1. The fourth-order valence-electron chi connectivity index (χ4n) is 2.64. The average molecular weight is 394 g/mol. The molecule has 0 saturated carbocycles. The van der Waals surface area contributed by atoms with Gasteiger partial charge in [0.2, 0.25) is 0 Å². The summed E-state index contributed by atoms with van der Waals surface area (Å²) in [5, 5.41) is 6.26. The Kier molecular flexibility index (Phi) is 6.06. The number of anilines is 1. The van der Waals surface area contributed by atoms with E-state index in [2.05, 4.69) is 15.6 Å². The van der Waals surface area contributed by atoms with Gasteiger partial charge in [-0.25, -0.2) is 0 Å². The Labute approximate surface area is 168 Å². The minimum Gasteiger partial charge on any atom is -0.348 e. The zero-order valence-corrected chi connectivity index (χ0v) is 16.4. The van der Waals surface area contributed by atoms with Crippen molar-refractivity contribution in [2.75, 3.05) is 5.32 Å². The van der Waals surface area contributed by atoms with E-state index in [1.54, 1.807) is 18.2 Å². The summed E-state index contributed by atoms with van der Waals surface area (Å²) < 4.78 is 0. The van der Waals surface area contributed by atoms with Gasteiger partial charge in [0.05, 0.1) is 11.1 Å². The van der Waals surface area contributed by atoms with Gasteiger partial charge in [-0.05, 0) is 49.2 Å². The van der Waals surface area contributed by atoms with Crippen LogP contribution in [0.3, 0.4) is 0 Å². The number of benzene rings is 2. The number of halogens is 1. The summed E-state index contributed by atoms with van der Waals surface area (Å²) in [6.45, 7) is 4.27. The summed E-state index contributed by atoms with van der Waals surface area (Å²) in [6, 6.07) is 14.7. The molecule has 6 heteroatoms. The molecule has 0 aliphatic carbocycles. The highest BCUT2D eigenvalue weighted by atomic mass is 35.5. The maximum atomic E-state index is 12.5. The van der Waals surface area contributed by atoms with E-state index in [0.29, 0.717) is 28.4 Å². The third kappa shape index (κ3) is 4.96. The molecule has 1 aromatic heterocycles. The third-order valence-electron chi connectivity index (χ3n) is 4.27. The van der Waals surface area contributed by atoms with Gasteiger partial charge < -0.3 is 10.6 Å². The van der Waals surface area contributed by atoms with Gasteiger partial charge in [0.15, 0.2) is 0 Å². The largest absolute Gasteiger partial charge is 0.348 e. The molecule has 0 saturated heterocycles. The Hall–Kier alpha value is -3.18. The number of rotatable bonds is 5. The molecule has 142 valence electrons. The van der Waals surface area contributed by atoms with E-state index in [1.807, 2.05) is 38.1 Å². The van der Waals surface area contributed by atoms with Gasteiger partial charge in [-0.2, -0.15) is 0 Å². The first kappa shape index (κ1) is 19.6. The highest BCUT2D eigenvalue weighted by Gasteiger charge is 2.12. The van der Waals surface area contributed by atoms with Gasteiger partial charge in [0, 0.05) is 29.6 Å². The van der Waals surface area contributed by atoms with Crippen LogP contribution in [0, 0.1) is 13.8 Å². The number of carbonyl (C=O) groups is 2. The first-order valence-electron chi connectivity index (χ1n) is 8.78. The lowest BCUT2D eigenvalue weighted by molar-refractivity contribution is 0.0950. The van der Waals surface area contributed by atoms with Crippen LogP contribution in [-0.2, 0) is 6.54 Å². The predicted octanol–water partition coefficient (Wildman–Crippen LogP) is 4.53. The maximum absolute atomic E-state index is 12.5. The third-order valence-corrected chi connectivity index (χ3v) is 4.51. The molecular weight excluding hydrogens is 374 g/mol. The highest BCUT2D eigenvalue weighted by molar-refractivity contribution is 6.30. The molecule has 0 radical (unpaired) electrons. The summed E-state index contributed by atoms with van der Waals surface area (Å²) >= 11 is 5.94. The SMILES string of the molecule is Cc1ccc(CNC(=O)c2cncc(C(=O)Nc3ccc(Cl)cc3C)c2)cc1. The van der Waals surface area contributed by atoms with Crippen molar-refractivity contribution in [3.8, 4) is 0 Å². The molecular formula is C22H20ClN3O2. The Balaban J connectivity index is 1.67. The number of hydrogen-bond donors (Lipinski definition) is 2. The maximum Gasteiger partial charge on any atom is 0.257 e. The summed E-state index contributed by atoms with van der Waals surface area (Å²) in [6.07, 6.45) is 2.87. The summed E-state index contributed by atoms with van der Waals surface area (Å²) in [7, 11) is 0. The number of hydrogen-bond acceptors (Lipinski definition) is 3. The molecule has 0 unspecified atom stereocenters. The molecule has 1 heterocycles. The minimum absolute atomic E-state index is 0.287. The predicted molar refractivity (Wildman–Crippen MR) is 111 cm³/mol. The number of aryl methyl sites for hydroxylation is 2. The number of aromatic nitrogens is 1. The van der Waals surface area contributed by atoms with Crippen molar-refractivity contribution in [1.82, 2.24) is 10.3 Å². The highest BCUT2D eigenvalue weighted by Crippen LogP contribution is 2.20. The molecule has 0 aliphatic rings. The molecule has 0 aliphatic heterocycles. The van der Waals surface area contributed by atoms with E-state index < -0.39 is 0 Å². The van der Waals surface area contributed by atoms with Gasteiger partial charge >= 0.3 is 0 Å². The van der Waals surface area contributed by atoms with Gasteiger partial charge in [0.1, 0.15) is 0 Å². The lowest BCUT2D eigenvalue weighted by Crippen LogP contribution is -2.23. The van der Waals surface area contributed by atoms with E-state index in [1.165, 1.54) is 18.5 Å². The standard InChI is InChI=1S/C22H20ClN3O2/c1-14-3-5-16(6-4-14)11-25-21(27)17-10-18(13-24-12-17)22(28)26-20-8-7-19(23)9-15(20)2/h3-10,12-13H,11H2,1-2H3,(H,25,27)(H,26,28). The molecule has 0 spiro atoms. The van der Waals surface area contributed by atoms with Crippen LogP contribution in [0.5, 0.6) is 0 Å². The van der Waals surface area contributed by atoms with Crippen molar-refractivity contribution in [2.45, 2.75) is 20.4 Å². The van der Waals surface area contributed by atoms with Crippen molar-refractivity contribution < 1.29 is 9.59 Å². The summed E-state index contributed by atoms with van der Waals surface area (Å²) in [5.74, 6) is -0.628. The fraction of sp³-hybridized carbons (Fsp3) is 0.136. The van der Waals surface area contributed by atoms with Crippen LogP contribution in [0.25, 0.3) is 0 Å². The van der Waals surface area contributed by atoms with Crippen molar-refractivity contribution in [1.29, 1.82) is 0 Å². The topological polar surface area (TPSA) is 71.1 Å². The lowest BCUT2D eigenvalue weighted by atomic mass is 10.1. The van der Waals surface area contributed by atoms with Crippen LogP contribution in [0.1, 0.15) is 37.4 Å². The fourth-order valence-corrected chi connectivity index (χ4v) is 2.87. The molecule has 2 aromatic carbocycles. The quantitative estimate of drug-likeness (QED) is 0.668. The van der Waals surface area contributed by atoms with E-state index in [4.69, 9.17) is 11.6 Å². The van der Waals surface area contributed by atoms with Crippen molar-refractivity contribution >= 4 is 29.1 Å². The first-order valence-corrected chi connectivity index (χ1v) is 9.16. The van der Waals surface area contributed by atoms with Crippen LogP contribution in [-0.4, -0.2) is 16.8 Å². The second-order valence-corrected chi connectivity index (χ2v) is 6.98. The van der Waals surface area contributed by atoms with E-state index >= 15 is 0 Å². The van der Waals surface area contributed by atoms with Crippen molar-refractivity contribution in [3.63, 3.8) is 0 Å². The van der Waals surface area contributed by atoms with E-state index in [9.17, 15) is 9.59 Å². The monoisotopic (exact) mass is 393 g/mol. The summed E-state index contributed by atoms with van der Waals surface area (Å²) in [4.78, 5) is 29.0. The lowest BCUT2D eigenvalue weighted by Gasteiger charge is -2.10. The zero-order chi connectivity index (χ0) is 20.1. The van der Waals surface area contributed by atoms with Crippen LogP contribution in [0.4, 0.5) is 5.69 Å². The number of amides is 2. The molecule has 3 aromatic rings. The Morgan fingerprint density at radius 3 is 2.29 bits per heavy atom. The molecule has 0 fully saturated rings. The Morgan fingerprint density at radius 2 is 1.61 bits per heavy atom. The zero-order valence-electron chi connectivity index (χ0n) is 15.6. The van der Waals surface area contributed by atoms with Crippen LogP contribution < -0.4 is 10.6 Å². The van der Waals surface area contributed by atoms with Crippen LogP contribution in [0.15, 0.2) is 60.9 Å². The van der Waals surface area contributed by atoms with Crippen LogP contribution in [0.2, 0.25) is 5.02 Å².